The van der Waals surface area contributed by atoms with Crippen LogP contribution in [0.3, 0.4) is 0 Å². The van der Waals surface area contributed by atoms with Gasteiger partial charge in [-0.3, -0.25) is 76.7 Å². The van der Waals surface area contributed by atoms with E-state index >= 15 is 43.2 Å². The Kier molecular flexibility index (Phi) is 37.9. The summed E-state index contributed by atoms with van der Waals surface area (Å²) >= 11 is 0.832. The van der Waals surface area contributed by atoms with Crippen molar-refractivity contribution in [3.05, 3.63) is 216 Å². The van der Waals surface area contributed by atoms with Gasteiger partial charge in [0.1, 0.15) is 78.0 Å². The normalized spacial score (nSPS) is 21.6. The summed E-state index contributed by atoms with van der Waals surface area (Å²) in [6.45, 7) is 6.17. The quantitative estimate of drug-likeness (QED) is 0.0436. The first kappa shape index (κ1) is 103. The zero-order valence-electron chi connectivity index (χ0n) is 76.2. The number of amides is 15. The highest BCUT2D eigenvalue weighted by molar-refractivity contribution is 8.00. The van der Waals surface area contributed by atoms with Crippen LogP contribution in [-0.2, 0) is 115 Å². The number of aromatic amines is 1. The molecule has 36 heteroatoms. The van der Waals surface area contributed by atoms with E-state index in [4.69, 9.17) is 5.73 Å². The lowest BCUT2D eigenvalue weighted by Gasteiger charge is -2.37. The number of aliphatic carboxylic acids is 1. The van der Waals surface area contributed by atoms with Crippen molar-refractivity contribution < 1.29 is 92.0 Å². The molecule has 1 saturated heterocycles. The van der Waals surface area contributed by atoms with E-state index < -0.39 is 205 Å². The number of phenols is 2. The number of unbranched alkanes of at least 4 members (excludes halogenated alkanes) is 1. The number of nitrogens with two attached hydrogens (primary N) is 1. The largest absolute Gasteiger partial charge is 0.508 e. The van der Waals surface area contributed by atoms with Crippen molar-refractivity contribution in [3.8, 4) is 11.5 Å². The van der Waals surface area contributed by atoms with Crippen molar-refractivity contribution in [2.24, 2.45) is 17.6 Å². The first-order valence-corrected chi connectivity index (χ1v) is 45.2. The van der Waals surface area contributed by atoms with Gasteiger partial charge in [0, 0.05) is 96.6 Å². The Morgan fingerprint density at radius 3 is 1.51 bits per heavy atom. The van der Waals surface area contributed by atoms with Crippen molar-refractivity contribution in [2.45, 2.75) is 172 Å². The Morgan fingerprint density at radius 1 is 0.451 bits per heavy atom. The molecular formula is C97H120N16O19S. The number of fused-ring (bicyclic) bond motifs is 2. The lowest BCUT2D eigenvalue weighted by atomic mass is 9.96. The summed E-state index contributed by atoms with van der Waals surface area (Å²) in [4.78, 5) is 245. The molecule has 0 saturated carbocycles. The number of carbonyl (C=O) groups excluding carboxylic acids is 15. The van der Waals surface area contributed by atoms with Crippen LogP contribution in [0.4, 0.5) is 0 Å². The fourth-order valence-electron chi connectivity index (χ4n) is 15.8. The number of primary amides is 1. The SMILES string of the molecule is CCCC[C@H]1C(=O)N(C)CC(=O)N[C@@H](CC(=O)O)C(=O)N[C@@H](C(C)C)C(=O)N(C)[C@@H](Cc2ccccc2)C(=O)N[C@@H](Cc2ccc(O)cc2)C(=O)N(C)CC(=O)N[C@@H](Cc2c[nH]c3ccccc23)C(=O)N[C@@H](Cc2ccc(O)cc2)C(=O)N[C@@H](CC(C)C)C(=O)N[C@H](C(=O)NCC(N)=O)CSCC(=O)N[C@@H](Cc2cccc3ccccc23)C(=O)N(C)[C@@H](Cc2ccccc2)C(=O)N1C. The summed E-state index contributed by atoms with van der Waals surface area (Å²) in [7, 11) is 6.56. The van der Waals surface area contributed by atoms with Crippen molar-refractivity contribution in [3.63, 3.8) is 0 Å². The molecule has 1 aromatic heterocycles. The van der Waals surface area contributed by atoms with Gasteiger partial charge in [-0.1, -0.05) is 193 Å². The van der Waals surface area contributed by atoms with Crippen LogP contribution in [0.25, 0.3) is 21.7 Å². The number of H-pyrrole nitrogens is 1. The second-order valence-electron chi connectivity index (χ2n) is 34.2. The van der Waals surface area contributed by atoms with Crippen LogP contribution in [0.1, 0.15) is 100 Å². The molecule has 133 heavy (non-hydrogen) atoms. The maximum atomic E-state index is 15.8. The van der Waals surface area contributed by atoms with Gasteiger partial charge in [0.25, 0.3) is 0 Å². The molecule has 0 aliphatic carbocycles. The minimum Gasteiger partial charge on any atom is -0.508 e. The average molecular weight is 1850 g/mol. The number of benzene rings is 7. The molecule has 11 atom stereocenters. The maximum Gasteiger partial charge on any atom is 0.305 e. The van der Waals surface area contributed by atoms with Crippen LogP contribution in [0.15, 0.2) is 182 Å². The molecule has 1 fully saturated rings. The molecule has 35 nitrogen and oxygen atoms in total. The van der Waals surface area contributed by atoms with E-state index in [-0.39, 0.29) is 68.8 Å². The number of para-hydroxylation sites is 1. The molecule has 0 unspecified atom stereocenters. The summed E-state index contributed by atoms with van der Waals surface area (Å²) < 4.78 is 0. The lowest BCUT2D eigenvalue weighted by molar-refractivity contribution is -0.151. The molecule has 0 bridgehead atoms. The zero-order chi connectivity index (χ0) is 96.9. The fourth-order valence-corrected chi connectivity index (χ4v) is 16.6. The number of hydrogen-bond donors (Lipinski definition) is 14. The van der Waals surface area contributed by atoms with E-state index in [1.54, 1.807) is 137 Å². The third-order valence-corrected chi connectivity index (χ3v) is 24.1. The fraction of sp³-hybridized carbons (Fsp3) is 0.402. The predicted molar refractivity (Wildman–Crippen MR) is 500 cm³/mol. The van der Waals surface area contributed by atoms with Crippen molar-refractivity contribution in [2.75, 3.05) is 66.4 Å². The Hall–Kier alpha value is -14.2. The van der Waals surface area contributed by atoms with Gasteiger partial charge in [-0.25, -0.2) is 0 Å². The summed E-state index contributed by atoms with van der Waals surface area (Å²) in [6.07, 6.45) is 0.0197. The molecule has 1 aliphatic heterocycles. The number of aromatic hydroxyl groups is 2. The van der Waals surface area contributed by atoms with Gasteiger partial charge in [-0.2, -0.15) is 0 Å². The number of likely N-dealkylation sites (N-methyl/N-ethyl adjacent to an activating group) is 5. The summed E-state index contributed by atoms with van der Waals surface area (Å²) in [5.41, 5.74) is 9.16. The number of carbonyl (C=O) groups is 16. The minimum atomic E-state index is -1.91. The minimum absolute atomic E-state index is 0.0230. The van der Waals surface area contributed by atoms with Gasteiger partial charge in [-0.05, 0) is 99.2 Å². The van der Waals surface area contributed by atoms with Gasteiger partial charge < -0.3 is 98.4 Å². The van der Waals surface area contributed by atoms with Crippen molar-refractivity contribution in [1.82, 2.24) is 77.3 Å². The van der Waals surface area contributed by atoms with Crippen LogP contribution < -0.4 is 53.6 Å². The third kappa shape index (κ3) is 29.9. The number of carboxylic acids is 1. The molecule has 2 heterocycles. The highest BCUT2D eigenvalue weighted by Gasteiger charge is 2.42. The van der Waals surface area contributed by atoms with E-state index in [2.05, 4.69) is 52.8 Å². The maximum absolute atomic E-state index is 15.8. The molecule has 708 valence electrons. The Labute approximate surface area is 776 Å². The monoisotopic (exact) mass is 1840 g/mol. The Bertz CT molecular complexity index is 5450. The van der Waals surface area contributed by atoms with E-state index in [0.717, 1.165) is 37.2 Å². The number of phenolic OH excluding ortho intramolecular Hbond substituents is 2. The van der Waals surface area contributed by atoms with E-state index in [9.17, 15) is 48.9 Å². The molecule has 15 amide bonds. The van der Waals surface area contributed by atoms with Crippen molar-refractivity contribution >= 4 is 128 Å². The topological polar surface area (TPSA) is 500 Å². The van der Waals surface area contributed by atoms with Gasteiger partial charge in [0.2, 0.25) is 88.6 Å². The van der Waals surface area contributed by atoms with E-state index in [1.807, 2.05) is 31.2 Å². The number of nitrogens with one attached hydrogen (secondary N) is 10. The molecule has 8 aromatic rings. The van der Waals surface area contributed by atoms with Crippen LogP contribution >= 0.6 is 11.8 Å². The van der Waals surface area contributed by atoms with Crippen LogP contribution in [0.5, 0.6) is 11.5 Å². The summed E-state index contributed by atoms with van der Waals surface area (Å²) in [5.74, 6) is -17.5. The smallest absolute Gasteiger partial charge is 0.305 e. The second-order valence-corrected chi connectivity index (χ2v) is 35.2. The van der Waals surface area contributed by atoms with Gasteiger partial charge in [0.15, 0.2) is 0 Å². The number of aromatic nitrogens is 1. The Morgan fingerprint density at radius 2 is 0.925 bits per heavy atom. The predicted octanol–water partition coefficient (Wildman–Crippen LogP) is 3.48. The van der Waals surface area contributed by atoms with Crippen LogP contribution in [-0.4, -0.2) is 272 Å². The highest BCUT2D eigenvalue weighted by atomic mass is 32.2. The average Bonchev–Trinajstić information content (AvgIpc) is 1.69. The first-order valence-electron chi connectivity index (χ1n) is 44.1. The number of rotatable bonds is 23. The number of nitrogens with zero attached hydrogens (tertiary/aromatic N) is 5. The van der Waals surface area contributed by atoms with Gasteiger partial charge in [-0.15, -0.1) is 11.8 Å². The van der Waals surface area contributed by atoms with Crippen LogP contribution in [0, 0.1) is 11.8 Å². The van der Waals surface area contributed by atoms with E-state index in [0.29, 0.717) is 57.1 Å². The van der Waals surface area contributed by atoms with Gasteiger partial charge >= 0.3 is 5.97 Å². The molecule has 0 radical (unpaired) electrons. The molecule has 9 rings (SSSR count). The Balaban J connectivity index is 1.12. The summed E-state index contributed by atoms with van der Waals surface area (Å²) in [5, 5.41) is 57.3. The van der Waals surface area contributed by atoms with E-state index in [1.165, 1.54) is 93.6 Å². The lowest BCUT2D eigenvalue weighted by Crippen LogP contribution is -2.61. The zero-order valence-corrected chi connectivity index (χ0v) is 77.1. The molecule has 15 N–H and O–H groups in total. The number of hydrogen-bond acceptors (Lipinski definition) is 19. The number of thioether (sulfide) groups is 1. The highest BCUT2D eigenvalue weighted by Crippen LogP contribution is 2.27. The summed E-state index contributed by atoms with van der Waals surface area (Å²) in [6, 6.07) is 31.3. The van der Waals surface area contributed by atoms with Gasteiger partial charge in [0.05, 0.1) is 31.8 Å². The molecule has 7 aromatic carbocycles. The van der Waals surface area contributed by atoms with Crippen LogP contribution in [0.2, 0.25) is 0 Å². The number of carboxylic acid groups (broad SMARTS) is 1. The standard InChI is InChI=1S/C97H120N16O19S/c1-11-12-34-78-95(130)110(7)54-83(118)102-74(50-85(120)121)91(126)108-86(58(4)5)97(132)112(9)79(46-59-24-15-13-16-25-59)92(127)106-75(45-62-37-41-67(115)42-38-62)93(128)109(6)53-82(117)101-73(49-65-51-99-70-33-22-21-32-69(65)70)90(125)105-72(44-61-35-39-66(114)40-36-61)89(124)104-71(43-57(2)3)88(123)107-77(87(122)100-52-81(98)116)55-133-56-84(119)103-76(48-64-30-23-29-63-28-19-20-31-68(63)64)94(129)113(10)80(96(131)111(78)8)47-60-26-17-14-18-27-60/h13-33,35-42,51,57-58,71-80,86,99,114-115H,11-12,34,43-50,52-56H2,1-10H3,(H2,98,116)(H,100,122)(H,101,117)(H,102,118)(H,103,119)(H,104,124)(H,105,125)(H,106,127)(H,107,123)(H,108,126)(H,120,121)/t71-,72-,73-,74-,75-,76-,77-,78-,79-,80-,86-/m0/s1. The molecular weight excluding hydrogens is 1730 g/mol. The third-order valence-electron chi connectivity index (χ3n) is 23.1. The van der Waals surface area contributed by atoms with Crippen molar-refractivity contribution in [1.29, 1.82) is 0 Å². The molecule has 1 aliphatic rings. The molecule has 0 spiro atoms. The second kappa shape index (κ2) is 49.2. The first-order chi connectivity index (χ1) is 63.4.